The normalized spacial score (nSPS) is 10.4. The van der Waals surface area contributed by atoms with Crippen LogP contribution in [0.25, 0.3) is 0 Å². The number of carbonyl (C=O) groups is 1. The molecule has 0 radical (unpaired) electrons. The van der Waals surface area contributed by atoms with Crippen LogP contribution in [0.2, 0.25) is 5.02 Å². The number of nitrogens with one attached hydrogen (secondary N) is 2. The van der Waals surface area contributed by atoms with Crippen LogP contribution in [0.5, 0.6) is 0 Å². The van der Waals surface area contributed by atoms with Gasteiger partial charge in [0.1, 0.15) is 23.2 Å². The van der Waals surface area contributed by atoms with E-state index in [1.807, 2.05) is 12.1 Å². The summed E-state index contributed by atoms with van der Waals surface area (Å²) in [5, 5.41) is 6.74. The van der Waals surface area contributed by atoms with Crippen LogP contribution in [0.15, 0.2) is 47.1 Å². The number of aryl methyl sites for hydroxylation is 1. The summed E-state index contributed by atoms with van der Waals surface area (Å²) in [5.41, 5.74) is 0.936. The second kappa shape index (κ2) is 7.88. The van der Waals surface area contributed by atoms with Gasteiger partial charge < -0.3 is 19.8 Å². The summed E-state index contributed by atoms with van der Waals surface area (Å²) in [7, 11) is 1.33. The third-order valence-electron chi connectivity index (χ3n) is 3.51. The van der Waals surface area contributed by atoms with Crippen LogP contribution in [0.3, 0.4) is 0 Å². The Morgan fingerprint density at radius 1 is 1.23 bits per heavy atom. The van der Waals surface area contributed by atoms with Gasteiger partial charge in [-0.1, -0.05) is 11.6 Å². The van der Waals surface area contributed by atoms with Crippen molar-refractivity contribution in [3.63, 3.8) is 0 Å². The predicted octanol–water partition coefficient (Wildman–Crippen LogP) is 4.17. The minimum Gasteiger partial charge on any atom is -0.467 e. The van der Waals surface area contributed by atoms with E-state index in [1.165, 1.54) is 7.11 Å². The number of furan rings is 1. The number of hydrogen-bond acceptors (Lipinski definition) is 7. The van der Waals surface area contributed by atoms with Crippen LogP contribution >= 0.6 is 11.6 Å². The molecule has 2 aromatic heterocycles. The second-order valence-corrected chi connectivity index (χ2v) is 5.84. The first-order valence-corrected chi connectivity index (χ1v) is 8.20. The van der Waals surface area contributed by atoms with E-state index in [1.54, 1.807) is 37.5 Å². The largest absolute Gasteiger partial charge is 0.467 e. The van der Waals surface area contributed by atoms with Gasteiger partial charge in [0, 0.05) is 6.07 Å². The van der Waals surface area contributed by atoms with Crippen LogP contribution in [0.1, 0.15) is 21.9 Å². The summed E-state index contributed by atoms with van der Waals surface area (Å²) in [6.07, 6.45) is 1.62. The van der Waals surface area contributed by atoms with E-state index in [0.717, 1.165) is 5.76 Å². The minimum atomic E-state index is -0.440. The highest BCUT2D eigenvalue weighted by Crippen LogP contribution is 2.27. The molecule has 0 saturated heterocycles. The molecule has 0 aliphatic rings. The summed E-state index contributed by atoms with van der Waals surface area (Å²) in [6.45, 7) is 2.29. The molecular weight excluding hydrogens is 356 g/mol. The summed E-state index contributed by atoms with van der Waals surface area (Å²) in [4.78, 5) is 20.4. The molecule has 0 aliphatic carbocycles. The lowest BCUT2D eigenvalue weighted by Gasteiger charge is -2.11. The Balaban J connectivity index is 1.80. The number of ether oxygens (including phenoxy) is 1. The van der Waals surface area contributed by atoms with Gasteiger partial charge in [-0.25, -0.2) is 14.8 Å². The zero-order valence-corrected chi connectivity index (χ0v) is 15.0. The second-order valence-electron chi connectivity index (χ2n) is 5.43. The fourth-order valence-corrected chi connectivity index (χ4v) is 2.48. The maximum Gasteiger partial charge on any atom is 0.337 e. The topological polar surface area (TPSA) is 89.3 Å². The zero-order valence-electron chi connectivity index (χ0n) is 14.2. The summed E-state index contributed by atoms with van der Waals surface area (Å²) >= 11 is 6.22. The number of hydrogen-bond donors (Lipinski definition) is 2. The quantitative estimate of drug-likeness (QED) is 0.627. The Morgan fingerprint density at radius 3 is 2.77 bits per heavy atom. The number of methoxy groups -OCH3 is 1. The van der Waals surface area contributed by atoms with Crippen molar-refractivity contribution in [2.24, 2.45) is 0 Å². The van der Waals surface area contributed by atoms with Gasteiger partial charge in [0.05, 0.1) is 36.2 Å². The molecule has 26 heavy (non-hydrogen) atoms. The van der Waals surface area contributed by atoms with Gasteiger partial charge in [-0.05, 0) is 37.3 Å². The maximum atomic E-state index is 11.7. The number of nitrogens with zero attached hydrogens (tertiary/aromatic N) is 2. The zero-order chi connectivity index (χ0) is 18.5. The van der Waals surface area contributed by atoms with Gasteiger partial charge in [0.2, 0.25) is 0 Å². The van der Waals surface area contributed by atoms with Crippen LogP contribution < -0.4 is 10.6 Å². The molecule has 0 unspecified atom stereocenters. The van der Waals surface area contributed by atoms with Crippen LogP contribution in [0, 0.1) is 6.92 Å². The minimum absolute atomic E-state index is 0.390. The molecule has 0 saturated carbocycles. The number of anilines is 3. The monoisotopic (exact) mass is 372 g/mol. The first-order chi connectivity index (χ1) is 12.5. The Morgan fingerprint density at radius 2 is 2.04 bits per heavy atom. The van der Waals surface area contributed by atoms with Crippen molar-refractivity contribution in [1.29, 1.82) is 0 Å². The van der Waals surface area contributed by atoms with Gasteiger partial charge in [-0.15, -0.1) is 0 Å². The molecular formula is C18H17ClN4O3. The van der Waals surface area contributed by atoms with E-state index in [4.69, 9.17) is 20.8 Å². The Hall–Kier alpha value is -3.06. The van der Waals surface area contributed by atoms with E-state index in [-0.39, 0.29) is 0 Å². The van der Waals surface area contributed by atoms with E-state index < -0.39 is 5.97 Å². The molecule has 7 nitrogen and oxygen atoms in total. The highest BCUT2D eigenvalue weighted by Gasteiger charge is 2.11. The molecule has 0 amide bonds. The van der Waals surface area contributed by atoms with Crippen molar-refractivity contribution in [2.75, 3.05) is 17.7 Å². The van der Waals surface area contributed by atoms with E-state index >= 15 is 0 Å². The number of carbonyl (C=O) groups excluding carboxylic acids is 1. The van der Waals surface area contributed by atoms with Gasteiger partial charge >= 0.3 is 5.97 Å². The molecule has 134 valence electrons. The molecule has 2 heterocycles. The molecule has 0 spiro atoms. The van der Waals surface area contributed by atoms with Crippen LogP contribution in [-0.2, 0) is 11.3 Å². The predicted molar refractivity (Wildman–Crippen MR) is 98.9 cm³/mol. The van der Waals surface area contributed by atoms with Crippen LogP contribution in [0.4, 0.5) is 17.3 Å². The molecule has 0 bridgehead atoms. The molecule has 0 aliphatic heterocycles. The van der Waals surface area contributed by atoms with Crippen molar-refractivity contribution in [2.45, 2.75) is 13.5 Å². The first kappa shape index (κ1) is 17.8. The molecule has 3 aromatic rings. The standard InChI is InChI=1S/C18H17ClN4O3/c1-11-21-16(20-10-13-4-3-7-26-13)9-17(22-11)23-15-8-12(18(24)25-2)5-6-14(15)19/h3-9H,10H2,1-2H3,(H2,20,21,22,23). The molecule has 3 rings (SSSR count). The van der Waals surface area contributed by atoms with Crippen molar-refractivity contribution < 1.29 is 13.9 Å². The molecule has 2 N–H and O–H groups in total. The van der Waals surface area contributed by atoms with Crippen molar-refractivity contribution in [3.05, 3.63) is 64.8 Å². The maximum absolute atomic E-state index is 11.7. The van der Waals surface area contributed by atoms with Gasteiger partial charge in [0.25, 0.3) is 0 Å². The lowest BCUT2D eigenvalue weighted by molar-refractivity contribution is 0.0601. The van der Waals surface area contributed by atoms with Gasteiger partial charge in [-0.2, -0.15) is 0 Å². The third kappa shape index (κ3) is 4.31. The number of aromatic nitrogens is 2. The van der Waals surface area contributed by atoms with E-state index in [9.17, 15) is 4.79 Å². The summed E-state index contributed by atoms with van der Waals surface area (Å²) < 4.78 is 10.0. The smallest absolute Gasteiger partial charge is 0.337 e. The molecule has 0 atom stereocenters. The summed E-state index contributed by atoms with van der Waals surface area (Å²) in [6, 6.07) is 10.3. The number of benzene rings is 1. The lowest BCUT2D eigenvalue weighted by Crippen LogP contribution is -2.06. The fourth-order valence-electron chi connectivity index (χ4n) is 2.32. The van der Waals surface area contributed by atoms with Crippen LogP contribution in [-0.4, -0.2) is 23.0 Å². The van der Waals surface area contributed by atoms with E-state index in [2.05, 4.69) is 20.6 Å². The van der Waals surface area contributed by atoms with E-state index in [0.29, 0.717) is 40.3 Å². The Kier molecular flexibility index (Phi) is 5.38. The van der Waals surface area contributed by atoms with Crippen molar-refractivity contribution >= 4 is 34.9 Å². The number of rotatable bonds is 6. The highest BCUT2D eigenvalue weighted by molar-refractivity contribution is 6.33. The Bertz CT molecular complexity index is 913. The highest BCUT2D eigenvalue weighted by atomic mass is 35.5. The average Bonchev–Trinajstić information content (AvgIpc) is 3.14. The van der Waals surface area contributed by atoms with Crippen molar-refractivity contribution in [1.82, 2.24) is 9.97 Å². The Labute approximate surface area is 155 Å². The molecule has 0 fully saturated rings. The number of esters is 1. The molecule has 1 aromatic carbocycles. The molecule has 8 heteroatoms. The summed E-state index contributed by atoms with van der Waals surface area (Å²) in [5.74, 6) is 2.12. The van der Waals surface area contributed by atoms with Gasteiger partial charge in [0.15, 0.2) is 0 Å². The lowest BCUT2D eigenvalue weighted by atomic mass is 10.2. The third-order valence-corrected chi connectivity index (χ3v) is 3.84. The number of halogens is 1. The van der Waals surface area contributed by atoms with Crippen molar-refractivity contribution in [3.8, 4) is 0 Å². The van der Waals surface area contributed by atoms with Gasteiger partial charge in [-0.3, -0.25) is 0 Å². The SMILES string of the molecule is COC(=O)c1ccc(Cl)c(Nc2cc(NCc3ccco3)nc(C)n2)c1. The first-order valence-electron chi connectivity index (χ1n) is 7.82. The fraction of sp³-hybridized carbons (Fsp3) is 0.167. The average molecular weight is 373 g/mol.